The number of carbonyl (C=O) groups is 3. The molecule has 2 amide bonds. The second kappa shape index (κ2) is 9.10. The van der Waals surface area contributed by atoms with Crippen molar-refractivity contribution in [2.75, 3.05) is 27.2 Å². The molecule has 0 aliphatic carbocycles. The Labute approximate surface area is 167 Å². The van der Waals surface area contributed by atoms with E-state index in [0.717, 1.165) is 5.56 Å². The zero-order chi connectivity index (χ0) is 20.1. The quantitative estimate of drug-likeness (QED) is 0.692. The van der Waals surface area contributed by atoms with E-state index in [-0.39, 0.29) is 37.6 Å². The number of likely N-dealkylation sites (N-methyl/N-ethyl adjacent to an activating group) is 1. The lowest BCUT2D eigenvalue weighted by molar-refractivity contribution is -0.141. The molecule has 0 spiro atoms. The molecular formula is C18H20Cl2N2O5. The van der Waals surface area contributed by atoms with Crippen molar-refractivity contribution in [3.05, 3.63) is 45.1 Å². The Morgan fingerprint density at radius 1 is 1.30 bits per heavy atom. The van der Waals surface area contributed by atoms with Crippen LogP contribution in [0.5, 0.6) is 0 Å². The van der Waals surface area contributed by atoms with Gasteiger partial charge in [-0.05, 0) is 24.1 Å². The van der Waals surface area contributed by atoms with Crippen molar-refractivity contribution < 1.29 is 24.2 Å². The zero-order valence-electron chi connectivity index (χ0n) is 15.0. The Morgan fingerprint density at radius 3 is 2.63 bits per heavy atom. The zero-order valence-corrected chi connectivity index (χ0v) is 16.5. The molecule has 1 aromatic rings. The first kappa shape index (κ1) is 21.1. The fourth-order valence-electron chi connectivity index (χ4n) is 2.70. The molecule has 0 unspecified atom stereocenters. The fourth-order valence-corrected chi connectivity index (χ4v) is 3.02. The average Bonchev–Trinajstić information content (AvgIpc) is 2.92. The molecule has 7 nitrogen and oxygen atoms in total. The third kappa shape index (κ3) is 5.14. The van der Waals surface area contributed by atoms with Gasteiger partial charge in [0.1, 0.15) is 0 Å². The lowest BCUT2D eigenvalue weighted by Gasteiger charge is -2.19. The van der Waals surface area contributed by atoms with E-state index in [9.17, 15) is 19.5 Å². The summed E-state index contributed by atoms with van der Waals surface area (Å²) in [7, 11) is 2.85. The third-order valence-electron chi connectivity index (χ3n) is 4.17. The van der Waals surface area contributed by atoms with Crippen LogP contribution in [0.3, 0.4) is 0 Å². The number of hydrogen-bond acceptors (Lipinski definition) is 5. The van der Waals surface area contributed by atoms with Gasteiger partial charge in [-0.1, -0.05) is 29.3 Å². The molecule has 1 heterocycles. The minimum absolute atomic E-state index is 0.00358. The van der Waals surface area contributed by atoms with Gasteiger partial charge >= 0.3 is 5.97 Å². The SMILES string of the molecule is COC(=O)CCCN1CC(C(=O)N(C)Cc2ccc(Cl)c(Cl)c2)=C(O)C1=O. The first-order valence-electron chi connectivity index (χ1n) is 8.22. The summed E-state index contributed by atoms with van der Waals surface area (Å²) < 4.78 is 4.55. The summed E-state index contributed by atoms with van der Waals surface area (Å²) in [6.07, 6.45) is 0.536. The van der Waals surface area contributed by atoms with Gasteiger partial charge in [0.15, 0.2) is 5.76 Å². The van der Waals surface area contributed by atoms with E-state index >= 15 is 0 Å². The highest BCUT2D eigenvalue weighted by molar-refractivity contribution is 6.42. The van der Waals surface area contributed by atoms with E-state index in [1.807, 2.05) is 0 Å². The molecule has 27 heavy (non-hydrogen) atoms. The molecule has 1 aromatic carbocycles. The van der Waals surface area contributed by atoms with Crippen LogP contribution >= 0.6 is 23.2 Å². The van der Waals surface area contributed by atoms with E-state index in [4.69, 9.17) is 23.2 Å². The van der Waals surface area contributed by atoms with Gasteiger partial charge in [0.2, 0.25) is 0 Å². The normalized spacial score (nSPS) is 13.9. The van der Waals surface area contributed by atoms with Crippen molar-refractivity contribution in [2.24, 2.45) is 0 Å². The predicted octanol–water partition coefficient (Wildman–Crippen LogP) is 2.56. The molecule has 146 valence electrons. The van der Waals surface area contributed by atoms with Crippen LogP contribution < -0.4 is 0 Å². The first-order chi connectivity index (χ1) is 12.7. The number of aliphatic hydroxyl groups excluding tert-OH is 1. The fraction of sp³-hybridized carbons (Fsp3) is 0.389. The summed E-state index contributed by atoms with van der Waals surface area (Å²) in [5.74, 6) is -2.01. The molecule has 0 saturated heterocycles. The Bertz CT molecular complexity index is 794. The molecule has 0 saturated carbocycles. The molecule has 1 aliphatic heterocycles. The standard InChI is InChI=1S/C18H20Cl2N2O5/c1-21(9-11-5-6-13(19)14(20)8-11)17(25)12-10-22(18(26)16(12)24)7-3-4-15(23)27-2/h5-6,8,24H,3-4,7,9-10H2,1-2H3. The van der Waals surface area contributed by atoms with Crippen LogP contribution in [0.1, 0.15) is 18.4 Å². The lowest BCUT2D eigenvalue weighted by atomic mass is 10.2. The van der Waals surface area contributed by atoms with E-state index in [2.05, 4.69) is 4.74 Å². The smallest absolute Gasteiger partial charge is 0.305 e. The van der Waals surface area contributed by atoms with Gasteiger partial charge in [-0.3, -0.25) is 14.4 Å². The van der Waals surface area contributed by atoms with Crippen molar-refractivity contribution in [1.82, 2.24) is 9.80 Å². The number of methoxy groups -OCH3 is 1. The highest BCUT2D eigenvalue weighted by atomic mass is 35.5. The van der Waals surface area contributed by atoms with E-state index in [0.29, 0.717) is 16.5 Å². The molecule has 0 bridgehead atoms. The topological polar surface area (TPSA) is 87.2 Å². The number of ether oxygens (including phenoxy) is 1. The van der Waals surface area contributed by atoms with Crippen LogP contribution in [-0.2, 0) is 25.7 Å². The molecule has 1 N–H and O–H groups in total. The van der Waals surface area contributed by atoms with Crippen molar-refractivity contribution in [1.29, 1.82) is 0 Å². The summed E-state index contributed by atoms with van der Waals surface area (Å²) in [5, 5.41) is 10.9. The van der Waals surface area contributed by atoms with Crippen molar-refractivity contribution in [3.8, 4) is 0 Å². The number of rotatable bonds is 7. The number of carbonyl (C=O) groups excluding carboxylic acids is 3. The molecule has 0 atom stereocenters. The van der Waals surface area contributed by atoms with E-state index < -0.39 is 17.6 Å². The molecule has 2 rings (SSSR count). The molecule has 0 aromatic heterocycles. The maximum Gasteiger partial charge on any atom is 0.305 e. The number of halogens is 2. The van der Waals surface area contributed by atoms with Crippen LogP contribution in [0, 0.1) is 0 Å². The largest absolute Gasteiger partial charge is 0.503 e. The van der Waals surface area contributed by atoms with Crippen molar-refractivity contribution >= 4 is 41.0 Å². The van der Waals surface area contributed by atoms with Gasteiger partial charge in [0, 0.05) is 26.6 Å². The van der Waals surface area contributed by atoms with Gasteiger partial charge in [0.05, 0.1) is 29.3 Å². The third-order valence-corrected chi connectivity index (χ3v) is 4.91. The number of hydrogen-bond donors (Lipinski definition) is 1. The van der Waals surface area contributed by atoms with Gasteiger partial charge in [-0.15, -0.1) is 0 Å². The van der Waals surface area contributed by atoms with Crippen LogP contribution in [0.4, 0.5) is 0 Å². The van der Waals surface area contributed by atoms with Crippen LogP contribution in [-0.4, -0.2) is 59.9 Å². The Kier molecular flexibility index (Phi) is 7.10. The maximum absolute atomic E-state index is 12.6. The molecule has 1 aliphatic rings. The van der Waals surface area contributed by atoms with Crippen molar-refractivity contribution in [2.45, 2.75) is 19.4 Å². The summed E-state index contributed by atoms with van der Waals surface area (Å²) >= 11 is 11.9. The van der Waals surface area contributed by atoms with Crippen LogP contribution in [0.15, 0.2) is 29.5 Å². The number of nitrogens with zero attached hydrogens (tertiary/aromatic N) is 2. The van der Waals surface area contributed by atoms with E-state index in [1.165, 1.54) is 16.9 Å². The number of benzene rings is 1. The summed E-state index contributed by atoms with van der Waals surface area (Å²) in [6, 6.07) is 5.03. The van der Waals surface area contributed by atoms with Crippen LogP contribution in [0.2, 0.25) is 10.0 Å². The number of aliphatic hydroxyl groups is 1. The van der Waals surface area contributed by atoms with E-state index in [1.54, 1.807) is 25.2 Å². The van der Waals surface area contributed by atoms with Gasteiger partial charge in [-0.25, -0.2) is 0 Å². The molecule has 0 fully saturated rings. The van der Waals surface area contributed by atoms with Crippen LogP contribution in [0.25, 0.3) is 0 Å². The lowest BCUT2D eigenvalue weighted by Crippen LogP contribution is -2.32. The summed E-state index contributed by atoms with van der Waals surface area (Å²) in [5.41, 5.74) is 0.792. The Morgan fingerprint density at radius 2 is 2.00 bits per heavy atom. The molecular weight excluding hydrogens is 395 g/mol. The number of amides is 2. The summed E-state index contributed by atoms with van der Waals surface area (Å²) in [6.45, 7) is 0.477. The highest BCUT2D eigenvalue weighted by Gasteiger charge is 2.34. The average molecular weight is 415 g/mol. The molecule has 9 heteroatoms. The van der Waals surface area contributed by atoms with Crippen molar-refractivity contribution in [3.63, 3.8) is 0 Å². The minimum atomic E-state index is -0.619. The van der Waals surface area contributed by atoms with Gasteiger partial charge < -0.3 is 19.6 Å². The minimum Gasteiger partial charge on any atom is -0.503 e. The second-order valence-corrected chi connectivity index (χ2v) is 6.96. The summed E-state index contributed by atoms with van der Waals surface area (Å²) in [4.78, 5) is 38.6. The monoisotopic (exact) mass is 414 g/mol. The maximum atomic E-state index is 12.6. The molecule has 0 radical (unpaired) electrons. The Balaban J connectivity index is 1.99. The number of esters is 1. The van der Waals surface area contributed by atoms with Gasteiger partial charge in [0.25, 0.3) is 11.8 Å². The highest BCUT2D eigenvalue weighted by Crippen LogP contribution is 2.24. The Hall–Kier alpha value is -2.25. The second-order valence-electron chi connectivity index (χ2n) is 6.14. The van der Waals surface area contributed by atoms with Gasteiger partial charge in [-0.2, -0.15) is 0 Å². The predicted molar refractivity (Wildman–Crippen MR) is 100 cm³/mol. The first-order valence-corrected chi connectivity index (χ1v) is 8.97.